The quantitative estimate of drug-likeness (QED) is 0.545. The molecule has 33 heavy (non-hydrogen) atoms. The minimum atomic E-state index is -0.395. The number of pyridine rings is 1. The molecule has 5 nitrogen and oxygen atoms in total. The predicted molar refractivity (Wildman–Crippen MR) is 131 cm³/mol. The number of rotatable bonds is 8. The summed E-state index contributed by atoms with van der Waals surface area (Å²) in [6, 6.07) is 23.8. The summed E-state index contributed by atoms with van der Waals surface area (Å²) in [6.07, 6.45) is 3.43. The van der Waals surface area contributed by atoms with Gasteiger partial charge in [-0.3, -0.25) is 14.7 Å². The van der Waals surface area contributed by atoms with Crippen molar-refractivity contribution in [2.24, 2.45) is 5.41 Å². The SMILES string of the molecule is Cc1cccc(C(NC(=O)C2(C)CCN(CCOc3ccccc3)CC2)c2ccccn2)c1. The summed E-state index contributed by atoms with van der Waals surface area (Å²) in [4.78, 5) is 20.4. The maximum Gasteiger partial charge on any atom is 0.226 e. The Labute approximate surface area is 196 Å². The fraction of sp³-hybridized carbons (Fsp3) is 0.357. The van der Waals surface area contributed by atoms with Gasteiger partial charge in [-0.15, -0.1) is 0 Å². The first-order chi connectivity index (χ1) is 16.0. The maximum absolute atomic E-state index is 13.5. The molecule has 1 unspecified atom stereocenters. The van der Waals surface area contributed by atoms with Crippen LogP contribution >= 0.6 is 0 Å². The molecule has 0 bridgehead atoms. The van der Waals surface area contributed by atoms with Crippen LogP contribution in [0.1, 0.15) is 42.6 Å². The molecule has 1 aromatic heterocycles. The summed E-state index contributed by atoms with van der Waals surface area (Å²) in [5, 5.41) is 3.32. The second-order valence-corrected chi connectivity index (χ2v) is 9.14. The molecule has 4 rings (SSSR count). The van der Waals surface area contributed by atoms with Crippen LogP contribution in [-0.2, 0) is 4.79 Å². The van der Waals surface area contributed by atoms with Gasteiger partial charge in [0.25, 0.3) is 0 Å². The molecule has 172 valence electrons. The van der Waals surface area contributed by atoms with E-state index in [-0.39, 0.29) is 11.9 Å². The molecule has 0 radical (unpaired) electrons. The first-order valence-electron chi connectivity index (χ1n) is 11.7. The maximum atomic E-state index is 13.5. The van der Waals surface area contributed by atoms with E-state index in [0.29, 0.717) is 6.61 Å². The van der Waals surface area contributed by atoms with E-state index < -0.39 is 5.41 Å². The van der Waals surface area contributed by atoms with Gasteiger partial charge in [0.2, 0.25) is 5.91 Å². The molecular formula is C28H33N3O2. The topological polar surface area (TPSA) is 54.5 Å². The first-order valence-corrected chi connectivity index (χ1v) is 11.7. The highest BCUT2D eigenvalue weighted by molar-refractivity contribution is 5.83. The summed E-state index contributed by atoms with van der Waals surface area (Å²) < 4.78 is 5.84. The Morgan fingerprint density at radius 1 is 1.06 bits per heavy atom. The van der Waals surface area contributed by atoms with E-state index in [2.05, 4.69) is 47.2 Å². The van der Waals surface area contributed by atoms with Gasteiger partial charge < -0.3 is 10.1 Å². The number of amides is 1. The Balaban J connectivity index is 1.36. The van der Waals surface area contributed by atoms with E-state index in [9.17, 15) is 4.79 Å². The van der Waals surface area contributed by atoms with Crippen LogP contribution in [-0.4, -0.2) is 42.0 Å². The van der Waals surface area contributed by atoms with Gasteiger partial charge in [-0.05, 0) is 62.7 Å². The highest BCUT2D eigenvalue weighted by Gasteiger charge is 2.38. The number of carbonyl (C=O) groups excluding carboxylic acids is 1. The monoisotopic (exact) mass is 443 g/mol. The number of benzene rings is 2. The molecule has 1 saturated heterocycles. The van der Waals surface area contributed by atoms with Crippen LogP contribution in [0.3, 0.4) is 0 Å². The summed E-state index contributed by atoms with van der Waals surface area (Å²) in [5.74, 6) is 0.996. The van der Waals surface area contributed by atoms with E-state index >= 15 is 0 Å². The van der Waals surface area contributed by atoms with Crippen molar-refractivity contribution in [3.8, 4) is 5.75 Å². The largest absolute Gasteiger partial charge is 0.492 e. The number of hydrogen-bond donors (Lipinski definition) is 1. The van der Waals surface area contributed by atoms with Crippen molar-refractivity contribution in [2.75, 3.05) is 26.2 Å². The summed E-state index contributed by atoms with van der Waals surface area (Å²) in [6.45, 7) is 7.46. The molecule has 1 atom stereocenters. The molecule has 1 fully saturated rings. The van der Waals surface area contributed by atoms with Gasteiger partial charge in [-0.2, -0.15) is 0 Å². The van der Waals surface area contributed by atoms with Crippen molar-refractivity contribution in [2.45, 2.75) is 32.7 Å². The Morgan fingerprint density at radius 3 is 2.52 bits per heavy atom. The zero-order valence-corrected chi connectivity index (χ0v) is 19.5. The van der Waals surface area contributed by atoms with E-state index in [0.717, 1.165) is 49.5 Å². The van der Waals surface area contributed by atoms with Gasteiger partial charge in [-0.1, -0.05) is 61.0 Å². The van der Waals surface area contributed by atoms with E-state index in [1.54, 1.807) is 6.20 Å². The van der Waals surface area contributed by atoms with Crippen molar-refractivity contribution < 1.29 is 9.53 Å². The predicted octanol–water partition coefficient (Wildman–Crippen LogP) is 4.78. The Kier molecular flexibility index (Phi) is 7.40. The van der Waals surface area contributed by atoms with Crippen LogP contribution in [0.15, 0.2) is 79.0 Å². The van der Waals surface area contributed by atoms with Crippen LogP contribution in [0.4, 0.5) is 0 Å². The number of likely N-dealkylation sites (tertiary alicyclic amines) is 1. The Morgan fingerprint density at radius 2 is 1.82 bits per heavy atom. The standard InChI is InChI=1S/C28H33N3O2/c1-22-9-8-10-23(21-22)26(25-13-6-7-16-29-25)30-27(32)28(2)14-17-31(18-15-28)19-20-33-24-11-4-3-5-12-24/h3-13,16,21,26H,14-15,17-20H2,1-2H3,(H,30,32). The fourth-order valence-corrected chi connectivity index (χ4v) is 4.34. The number of nitrogens with one attached hydrogen (secondary N) is 1. The lowest BCUT2D eigenvalue weighted by atomic mass is 9.79. The number of aryl methyl sites for hydroxylation is 1. The van der Waals surface area contributed by atoms with Gasteiger partial charge in [0.1, 0.15) is 12.4 Å². The lowest BCUT2D eigenvalue weighted by molar-refractivity contribution is -0.133. The van der Waals surface area contributed by atoms with Gasteiger partial charge in [-0.25, -0.2) is 0 Å². The molecule has 1 aliphatic heterocycles. The van der Waals surface area contributed by atoms with Crippen molar-refractivity contribution in [3.63, 3.8) is 0 Å². The van der Waals surface area contributed by atoms with E-state index in [4.69, 9.17) is 4.74 Å². The second-order valence-electron chi connectivity index (χ2n) is 9.14. The summed E-state index contributed by atoms with van der Waals surface area (Å²) >= 11 is 0. The third kappa shape index (κ3) is 5.99. The average Bonchev–Trinajstić information content (AvgIpc) is 2.85. The Bertz CT molecular complexity index is 1030. The summed E-state index contributed by atoms with van der Waals surface area (Å²) in [7, 11) is 0. The van der Waals surface area contributed by atoms with Gasteiger partial charge in [0, 0.05) is 18.2 Å². The highest BCUT2D eigenvalue weighted by Crippen LogP contribution is 2.33. The first kappa shape index (κ1) is 23.0. The second kappa shape index (κ2) is 10.6. The Hall–Kier alpha value is -3.18. The van der Waals surface area contributed by atoms with Crippen LogP contribution < -0.4 is 10.1 Å². The fourth-order valence-electron chi connectivity index (χ4n) is 4.34. The number of aromatic nitrogens is 1. The van der Waals surface area contributed by atoms with E-state index in [1.165, 1.54) is 5.56 Å². The lowest BCUT2D eigenvalue weighted by Gasteiger charge is -2.39. The molecule has 2 aromatic carbocycles. The number of hydrogen-bond acceptors (Lipinski definition) is 4. The van der Waals surface area contributed by atoms with Gasteiger partial charge in [0.15, 0.2) is 0 Å². The van der Waals surface area contributed by atoms with Crippen LogP contribution in [0.5, 0.6) is 5.75 Å². The third-order valence-electron chi connectivity index (χ3n) is 6.56. The molecule has 0 saturated carbocycles. The van der Waals surface area contributed by atoms with Crippen LogP contribution in [0, 0.1) is 12.3 Å². The highest BCUT2D eigenvalue weighted by atomic mass is 16.5. The molecule has 5 heteroatoms. The van der Waals surface area contributed by atoms with Crippen LogP contribution in [0.2, 0.25) is 0 Å². The zero-order valence-electron chi connectivity index (χ0n) is 19.5. The smallest absolute Gasteiger partial charge is 0.226 e. The number of piperidine rings is 1. The molecular weight excluding hydrogens is 410 g/mol. The van der Waals surface area contributed by atoms with Crippen molar-refractivity contribution in [3.05, 3.63) is 95.8 Å². The van der Waals surface area contributed by atoms with Crippen molar-refractivity contribution in [1.82, 2.24) is 15.2 Å². The normalized spacial score (nSPS) is 16.7. The zero-order chi connectivity index (χ0) is 23.1. The minimum absolute atomic E-state index is 0.0971. The van der Waals surface area contributed by atoms with Crippen LogP contribution in [0.25, 0.3) is 0 Å². The van der Waals surface area contributed by atoms with Crippen molar-refractivity contribution in [1.29, 1.82) is 0 Å². The van der Waals surface area contributed by atoms with Crippen molar-refractivity contribution >= 4 is 5.91 Å². The molecule has 0 aliphatic carbocycles. The minimum Gasteiger partial charge on any atom is -0.492 e. The van der Waals surface area contributed by atoms with Gasteiger partial charge >= 0.3 is 0 Å². The molecule has 1 N–H and O–H groups in total. The number of nitrogens with zero attached hydrogens (tertiary/aromatic N) is 2. The number of carbonyl (C=O) groups is 1. The lowest BCUT2D eigenvalue weighted by Crippen LogP contribution is -2.48. The third-order valence-corrected chi connectivity index (χ3v) is 6.56. The molecule has 0 spiro atoms. The molecule has 2 heterocycles. The number of para-hydroxylation sites is 1. The summed E-state index contributed by atoms with van der Waals surface area (Å²) in [5.41, 5.74) is 2.69. The van der Waals surface area contributed by atoms with E-state index in [1.807, 2.05) is 54.6 Å². The van der Waals surface area contributed by atoms with Gasteiger partial charge in [0.05, 0.1) is 11.7 Å². The average molecular weight is 444 g/mol. The number of ether oxygens (including phenoxy) is 1. The molecule has 1 aliphatic rings. The molecule has 3 aromatic rings. The molecule has 1 amide bonds.